The minimum atomic E-state index is -0.841. The van der Waals surface area contributed by atoms with E-state index in [0.717, 1.165) is 25.0 Å². The molecule has 3 rings (SSSR count). The summed E-state index contributed by atoms with van der Waals surface area (Å²) in [6.07, 6.45) is 4.54. The van der Waals surface area contributed by atoms with E-state index in [1.165, 1.54) is 11.0 Å². The van der Waals surface area contributed by atoms with E-state index >= 15 is 0 Å². The van der Waals surface area contributed by atoms with Crippen molar-refractivity contribution in [2.24, 2.45) is 0 Å². The van der Waals surface area contributed by atoms with Gasteiger partial charge in [-0.2, -0.15) is 0 Å². The van der Waals surface area contributed by atoms with Gasteiger partial charge in [-0.3, -0.25) is 9.78 Å². The van der Waals surface area contributed by atoms with Gasteiger partial charge >= 0.3 is 0 Å². The van der Waals surface area contributed by atoms with Gasteiger partial charge in [-0.1, -0.05) is 6.07 Å². The normalized spacial score (nSPS) is 17.8. The fourth-order valence-corrected chi connectivity index (χ4v) is 2.69. The molecule has 0 bridgehead atoms. The Balaban J connectivity index is 1.72. The number of amides is 1. The van der Waals surface area contributed by atoms with Crippen molar-refractivity contribution < 1.29 is 18.3 Å². The molecule has 6 heteroatoms. The first kappa shape index (κ1) is 15.4. The molecule has 120 valence electrons. The largest absolute Gasteiger partial charge is 0.488 e. The lowest BCUT2D eigenvalue weighted by Crippen LogP contribution is -2.44. The molecule has 1 aliphatic heterocycles. The molecule has 4 nitrogen and oxygen atoms in total. The van der Waals surface area contributed by atoms with Crippen LogP contribution in [-0.2, 0) is 0 Å². The van der Waals surface area contributed by atoms with Gasteiger partial charge in [0, 0.05) is 18.9 Å². The topological polar surface area (TPSA) is 42.4 Å². The molecular weight excluding hydrogens is 302 g/mol. The van der Waals surface area contributed by atoms with E-state index in [1.54, 1.807) is 24.5 Å². The van der Waals surface area contributed by atoms with E-state index in [0.29, 0.717) is 18.8 Å². The van der Waals surface area contributed by atoms with Crippen LogP contribution in [0, 0.1) is 11.6 Å². The minimum Gasteiger partial charge on any atom is -0.488 e. The second-order valence-corrected chi connectivity index (χ2v) is 5.41. The lowest BCUT2D eigenvalue weighted by atomic mass is 10.1. The predicted octanol–water partition coefficient (Wildman–Crippen LogP) is 3.04. The first-order valence-electron chi connectivity index (χ1n) is 7.45. The molecule has 23 heavy (non-hydrogen) atoms. The molecule has 2 heterocycles. The standard InChI is InChI=1S/C17H16F2N2O2/c18-14-4-1-5-15(19)16(14)17(22)21-10-2-3-13(11-21)23-12-6-8-20-9-7-12/h1,4-9,13H,2-3,10-11H2. The highest BCUT2D eigenvalue weighted by molar-refractivity contribution is 5.94. The van der Waals surface area contributed by atoms with Crippen LogP contribution in [-0.4, -0.2) is 35.0 Å². The zero-order valence-electron chi connectivity index (χ0n) is 12.4. The van der Waals surface area contributed by atoms with Crippen LogP contribution in [0.5, 0.6) is 5.75 Å². The average Bonchev–Trinajstić information content (AvgIpc) is 2.56. The predicted molar refractivity (Wildman–Crippen MR) is 80.1 cm³/mol. The van der Waals surface area contributed by atoms with Crippen molar-refractivity contribution in [2.75, 3.05) is 13.1 Å². The third-order valence-corrected chi connectivity index (χ3v) is 3.79. The van der Waals surface area contributed by atoms with Crippen molar-refractivity contribution in [3.8, 4) is 5.75 Å². The highest BCUT2D eigenvalue weighted by atomic mass is 19.1. The van der Waals surface area contributed by atoms with E-state index in [-0.39, 0.29) is 6.10 Å². The van der Waals surface area contributed by atoms with Gasteiger partial charge in [-0.15, -0.1) is 0 Å². The SMILES string of the molecule is O=C(c1c(F)cccc1F)N1CCCC(Oc2ccncc2)C1. The summed E-state index contributed by atoms with van der Waals surface area (Å²) in [7, 11) is 0. The number of carbonyl (C=O) groups is 1. The first-order chi connectivity index (χ1) is 11.1. The van der Waals surface area contributed by atoms with Crippen LogP contribution in [0.1, 0.15) is 23.2 Å². The Morgan fingerprint density at radius 1 is 1.17 bits per heavy atom. The zero-order chi connectivity index (χ0) is 16.2. The Kier molecular flexibility index (Phi) is 4.50. The summed E-state index contributed by atoms with van der Waals surface area (Å²) in [6.45, 7) is 0.762. The fraction of sp³-hybridized carbons (Fsp3) is 0.294. The Labute approximate surface area is 132 Å². The van der Waals surface area contributed by atoms with E-state index in [9.17, 15) is 13.6 Å². The number of hydrogen-bond donors (Lipinski definition) is 0. The van der Waals surface area contributed by atoms with Crippen molar-refractivity contribution in [2.45, 2.75) is 18.9 Å². The van der Waals surface area contributed by atoms with Gasteiger partial charge in [0.25, 0.3) is 5.91 Å². The zero-order valence-corrected chi connectivity index (χ0v) is 12.4. The van der Waals surface area contributed by atoms with Crippen LogP contribution >= 0.6 is 0 Å². The van der Waals surface area contributed by atoms with Gasteiger partial charge in [0.2, 0.25) is 0 Å². The van der Waals surface area contributed by atoms with E-state index < -0.39 is 23.1 Å². The van der Waals surface area contributed by atoms with Gasteiger partial charge < -0.3 is 9.64 Å². The van der Waals surface area contributed by atoms with Crippen molar-refractivity contribution in [1.29, 1.82) is 0 Å². The first-order valence-corrected chi connectivity index (χ1v) is 7.45. The molecule has 1 fully saturated rings. The van der Waals surface area contributed by atoms with Gasteiger partial charge in [-0.25, -0.2) is 8.78 Å². The number of pyridine rings is 1. The van der Waals surface area contributed by atoms with Crippen LogP contribution in [0.3, 0.4) is 0 Å². The number of hydrogen-bond acceptors (Lipinski definition) is 3. The van der Waals surface area contributed by atoms with E-state index in [1.807, 2.05) is 0 Å². The lowest BCUT2D eigenvalue weighted by Gasteiger charge is -2.33. The third-order valence-electron chi connectivity index (χ3n) is 3.79. The molecule has 2 aromatic rings. The summed E-state index contributed by atoms with van der Waals surface area (Å²) in [6, 6.07) is 6.89. The molecule has 1 saturated heterocycles. The van der Waals surface area contributed by atoms with Crippen LogP contribution in [0.15, 0.2) is 42.7 Å². The number of carbonyl (C=O) groups excluding carboxylic acids is 1. The van der Waals surface area contributed by atoms with Crippen molar-refractivity contribution >= 4 is 5.91 Å². The number of piperidine rings is 1. The van der Waals surface area contributed by atoms with Crippen LogP contribution in [0.4, 0.5) is 8.78 Å². The van der Waals surface area contributed by atoms with Crippen molar-refractivity contribution in [3.63, 3.8) is 0 Å². The molecule has 1 amide bonds. The molecule has 1 aliphatic rings. The lowest BCUT2D eigenvalue weighted by molar-refractivity contribution is 0.0529. The van der Waals surface area contributed by atoms with Gasteiger partial charge in [0.05, 0.1) is 6.54 Å². The van der Waals surface area contributed by atoms with Gasteiger partial charge in [0.15, 0.2) is 0 Å². The summed E-state index contributed by atoms with van der Waals surface area (Å²) < 4.78 is 33.4. The molecular formula is C17H16F2N2O2. The minimum absolute atomic E-state index is 0.204. The Bertz CT molecular complexity index is 674. The number of benzene rings is 1. The van der Waals surface area contributed by atoms with Crippen molar-refractivity contribution in [1.82, 2.24) is 9.88 Å². The summed E-state index contributed by atoms with van der Waals surface area (Å²) in [4.78, 5) is 17.8. The highest BCUT2D eigenvalue weighted by Gasteiger charge is 2.28. The monoisotopic (exact) mass is 318 g/mol. The van der Waals surface area contributed by atoms with Crippen molar-refractivity contribution in [3.05, 3.63) is 59.9 Å². The molecule has 1 aromatic heterocycles. The Morgan fingerprint density at radius 2 is 1.87 bits per heavy atom. The van der Waals surface area contributed by atoms with E-state index in [2.05, 4.69) is 4.98 Å². The third kappa shape index (κ3) is 3.47. The number of nitrogens with zero attached hydrogens (tertiary/aromatic N) is 2. The fourth-order valence-electron chi connectivity index (χ4n) is 2.69. The Hall–Kier alpha value is -2.50. The Morgan fingerprint density at radius 3 is 2.57 bits per heavy atom. The maximum atomic E-state index is 13.8. The van der Waals surface area contributed by atoms with Gasteiger partial charge in [-0.05, 0) is 37.1 Å². The maximum Gasteiger partial charge on any atom is 0.259 e. The smallest absolute Gasteiger partial charge is 0.259 e. The van der Waals surface area contributed by atoms with Crippen LogP contribution in [0.25, 0.3) is 0 Å². The summed E-state index contributed by atoms with van der Waals surface area (Å²) >= 11 is 0. The molecule has 1 atom stereocenters. The number of aromatic nitrogens is 1. The molecule has 0 N–H and O–H groups in total. The molecule has 0 radical (unpaired) electrons. The molecule has 0 saturated carbocycles. The summed E-state index contributed by atoms with van der Waals surface area (Å²) in [5, 5.41) is 0. The number of halogens is 2. The van der Waals surface area contributed by atoms with Crippen LogP contribution in [0.2, 0.25) is 0 Å². The number of likely N-dealkylation sites (tertiary alicyclic amines) is 1. The summed E-state index contributed by atoms with van der Waals surface area (Å²) in [5.41, 5.74) is -0.503. The molecule has 0 aliphatic carbocycles. The summed E-state index contributed by atoms with van der Waals surface area (Å²) in [5.74, 6) is -1.65. The molecule has 1 aromatic carbocycles. The quantitative estimate of drug-likeness (QED) is 0.873. The number of ether oxygens (including phenoxy) is 1. The van der Waals surface area contributed by atoms with Gasteiger partial charge in [0.1, 0.15) is 29.1 Å². The maximum absolute atomic E-state index is 13.8. The van der Waals surface area contributed by atoms with E-state index in [4.69, 9.17) is 4.74 Å². The molecule has 0 spiro atoms. The highest BCUT2D eigenvalue weighted by Crippen LogP contribution is 2.21. The second kappa shape index (κ2) is 6.73. The average molecular weight is 318 g/mol. The van der Waals surface area contributed by atoms with Crippen LogP contribution < -0.4 is 4.74 Å². The number of rotatable bonds is 3. The molecule has 1 unspecified atom stereocenters. The second-order valence-electron chi connectivity index (χ2n) is 5.41.